The third kappa shape index (κ3) is 3.55. The Balaban J connectivity index is 2.59. The molecule has 4 heteroatoms. The van der Waals surface area contributed by atoms with E-state index in [0.717, 1.165) is 12.3 Å². The van der Waals surface area contributed by atoms with E-state index in [4.69, 9.17) is 11.6 Å². The molecule has 0 radical (unpaired) electrons. The van der Waals surface area contributed by atoms with Crippen LogP contribution in [0.5, 0.6) is 0 Å². The molecule has 1 rings (SSSR count). The van der Waals surface area contributed by atoms with Crippen LogP contribution in [0, 0.1) is 5.82 Å². The van der Waals surface area contributed by atoms with Crippen LogP contribution in [0.15, 0.2) is 18.2 Å². The van der Waals surface area contributed by atoms with Gasteiger partial charge in [0.2, 0.25) is 0 Å². The number of rotatable bonds is 4. The standard InChI is InChI=1S/C9H11ClFNS/c10-8-1-2-9(11)7(5-8)6-12-3-4-13/h1-2,5,12-13H,3-4,6H2. The molecular weight excluding hydrogens is 209 g/mol. The third-order valence-corrected chi connectivity index (χ3v) is 2.07. The molecule has 0 saturated heterocycles. The smallest absolute Gasteiger partial charge is 0.127 e. The first kappa shape index (κ1) is 10.8. The average Bonchev–Trinajstić information content (AvgIpc) is 2.11. The summed E-state index contributed by atoms with van der Waals surface area (Å²) in [5.74, 6) is 0.512. The molecule has 0 aromatic heterocycles. The van der Waals surface area contributed by atoms with Crippen LogP contribution in [-0.2, 0) is 6.54 Å². The minimum Gasteiger partial charge on any atom is -0.312 e. The fraction of sp³-hybridized carbons (Fsp3) is 0.333. The first-order valence-corrected chi connectivity index (χ1v) is 5.00. The summed E-state index contributed by atoms with van der Waals surface area (Å²) in [5.41, 5.74) is 0.592. The van der Waals surface area contributed by atoms with Gasteiger partial charge in [-0.25, -0.2) is 4.39 Å². The molecule has 0 fully saturated rings. The summed E-state index contributed by atoms with van der Waals surface area (Å²) < 4.78 is 13.1. The van der Waals surface area contributed by atoms with Crippen LogP contribution in [0.3, 0.4) is 0 Å². The van der Waals surface area contributed by atoms with Crippen LogP contribution in [0.25, 0.3) is 0 Å². The van der Waals surface area contributed by atoms with E-state index in [1.54, 1.807) is 12.1 Å². The van der Waals surface area contributed by atoms with Crippen molar-refractivity contribution in [2.45, 2.75) is 6.54 Å². The zero-order valence-electron chi connectivity index (χ0n) is 7.06. The largest absolute Gasteiger partial charge is 0.312 e. The molecule has 0 spiro atoms. The maximum absolute atomic E-state index is 13.1. The highest BCUT2D eigenvalue weighted by Crippen LogP contribution is 2.14. The number of benzene rings is 1. The summed E-state index contributed by atoms with van der Waals surface area (Å²) in [6.45, 7) is 1.25. The lowest BCUT2D eigenvalue weighted by atomic mass is 10.2. The minimum absolute atomic E-state index is 0.226. The van der Waals surface area contributed by atoms with Gasteiger partial charge in [-0.05, 0) is 18.2 Å². The van der Waals surface area contributed by atoms with Crippen molar-refractivity contribution in [1.82, 2.24) is 5.32 Å². The first-order chi connectivity index (χ1) is 6.24. The Labute approximate surface area is 87.7 Å². The van der Waals surface area contributed by atoms with Gasteiger partial charge in [-0.15, -0.1) is 0 Å². The Hall–Kier alpha value is -0.250. The zero-order chi connectivity index (χ0) is 9.68. The Bertz CT molecular complexity index is 280. The van der Waals surface area contributed by atoms with Crippen LogP contribution < -0.4 is 5.32 Å². The Morgan fingerprint density at radius 3 is 2.92 bits per heavy atom. The van der Waals surface area contributed by atoms with Crippen LogP contribution in [0.1, 0.15) is 5.56 Å². The van der Waals surface area contributed by atoms with Gasteiger partial charge in [-0.1, -0.05) is 11.6 Å². The van der Waals surface area contributed by atoms with E-state index in [1.807, 2.05) is 0 Å². The van der Waals surface area contributed by atoms with Crippen LogP contribution >= 0.6 is 24.2 Å². The van der Waals surface area contributed by atoms with Crippen molar-refractivity contribution in [1.29, 1.82) is 0 Å². The van der Waals surface area contributed by atoms with E-state index in [-0.39, 0.29) is 5.82 Å². The summed E-state index contributed by atoms with van der Waals surface area (Å²) in [7, 11) is 0. The Morgan fingerprint density at radius 1 is 1.46 bits per heavy atom. The Morgan fingerprint density at radius 2 is 2.23 bits per heavy atom. The highest BCUT2D eigenvalue weighted by Gasteiger charge is 2.01. The zero-order valence-corrected chi connectivity index (χ0v) is 8.71. The van der Waals surface area contributed by atoms with Gasteiger partial charge in [0.25, 0.3) is 0 Å². The van der Waals surface area contributed by atoms with E-state index in [2.05, 4.69) is 17.9 Å². The number of nitrogens with one attached hydrogen (secondary N) is 1. The summed E-state index contributed by atoms with van der Waals surface area (Å²) in [6.07, 6.45) is 0. The Kier molecular flexibility index (Phi) is 4.56. The van der Waals surface area contributed by atoms with Crippen molar-refractivity contribution in [2.24, 2.45) is 0 Å². The fourth-order valence-corrected chi connectivity index (χ4v) is 1.33. The van der Waals surface area contributed by atoms with E-state index >= 15 is 0 Å². The maximum Gasteiger partial charge on any atom is 0.127 e. The van der Waals surface area contributed by atoms with Gasteiger partial charge < -0.3 is 5.32 Å². The number of hydrogen-bond acceptors (Lipinski definition) is 2. The topological polar surface area (TPSA) is 12.0 Å². The average molecular weight is 220 g/mol. The monoisotopic (exact) mass is 219 g/mol. The quantitative estimate of drug-likeness (QED) is 0.586. The normalized spacial score (nSPS) is 10.4. The lowest BCUT2D eigenvalue weighted by Crippen LogP contribution is -2.16. The van der Waals surface area contributed by atoms with Crippen molar-refractivity contribution in [3.05, 3.63) is 34.6 Å². The molecule has 0 saturated carbocycles. The summed E-state index contributed by atoms with van der Waals surface area (Å²) >= 11 is 9.75. The van der Waals surface area contributed by atoms with Gasteiger partial charge >= 0.3 is 0 Å². The van der Waals surface area contributed by atoms with E-state index in [0.29, 0.717) is 17.1 Å². The van der Waals surface area contributed by atoms with Gasteiger partial charge in [0.05, 0.1) is 0 Å². The molecule has 1 aromatic carbocycles. The molecule has 0 amide bonds. The summed E-state index contributed by atoms with van der Waals surface area (Å²) in [4.78, 5) is 0. The van der Waals surface area contributed by atoms with Gasteiger partial charge in [0.1, 0.15) is 5.82 Å². The second-order valence-electron chi connectivity index (χ2n) is 2.64. The second kappa shape index (κ2) is 5.47. The molecule has 0 aliphatic rings. The predicted molar refractivity (Wildman–Crippen MR) is 57.0 cm³/mol. The molecule has 0 atom stereocenters. The van der Waals surface area contributed by atoms with Gasteiger partial charge in [-0.3, -0.25) is 0 Å². The molecule has 1 N–H and O–H groups in total. The first-order valence-electron chi connectivity index (χ1n) is 3.99. The lowest BCUT2D eigenvalue weighted by molar-refractivity contribution is 0.594. The SMILES string of the molecule is Fc1ccc(Cl)cc1CNCCS. The van der Waals surface area contributed by atoms with Crippen LogP contribution in [0.4, 0.5) is 4.39 Å². The molecule has 13 heavy (non-hydrogen) atoms. The van der Waals surface area contributed by atoms with Crippen LogP contribution in [0.2, 0.25) is 5.02 Å². The number of thiol groups is 1. The van der Waals surface area contributed by atoms with Crippen molar-refractivity contribution in [3.63, 3.8) is 0 Å². The van der Waals surface area contributed by atoms with Crippen molar-refractivity contribution < 1.29 is 4.39 Å². The predicted octanol–water partition coefficient (Wildman–Crippen LogP) is 2.50. The fourth-order valence-electron chi connectivity index (χ4n) is 0.981. The molecule has 0 aliphatic heterocycles. The van der Waals surface area contributed by atoms with E-state index in [1.165, 1.54) is 6.07 Å². The second-order valence-corrected chi connectivity index (χ2v) is 3.52. The van der Waals surface area contributed by atoms with Crippen LogP contribution in [-0.4, -0.2) is 12.3 Å². The lowest BCUT2D eigenvalue weighted by Gasteiger charge is -2.04. The van der Waals surface area contributed by atoms with Crippen molar-refractivity contribution in [3.8, 4) is 0 Å². The molecular formula is C9H11ClFNS. The van der Waals surface area contributed by atoms with E-state index < -0.39 is 0 Å². The molecule has 0 heterocycles. The number of hydrogen-bond donors (Lipinski definition) is 2. The minimum atomic E-state index is -0.226. The molecule has 1 aromatic rings. The molecule has 1 nitrogen and oxygen atoms in total. The highest BCUT2D eigenvalue weighted by molar-refractivity contribution is 7.80. The maximum atomic E-state index is 13.1. The molecule has 0 unspecified atom stereocenters. The summed E-state index contributed by atoms with van der Waals surface area (Å²) in [5, 5.41) is 3.60. The third-order valence-electron chi connectivity index (χ3n) is 1.61. The molecule has 0 bridgehead atoms. The van der Waals surface area contributed by atoms with Gasteiger partial charge in [0, 0.05) is 29.4 Å². The van der Waals surface area contributed by atoms with Crippen molar-refractivity contribution >= 4 is 24.2 Å². The number of halogens is 2. The van der Waals surface area contributed by atoms with Gasteiger partial charge in [-0.2, -0.15) is 12.6 Å². The van der Waals surface area contributed by atoms with Gasteiger partial charge in [0.15, 0.2) is 0 Å². The molecule has 0 aliphatic carbocycles. The highest BCUT2D eigenvalue weighted by atomic mass is 35.5. The molecule has 72 valence electrons. The van der Waals surface area contributed by atoms with E-state index in [9.17, 15) is 4.39 Å². The van der Waals surface area contributed by atoms with Crippen molar-refractivity contribution in [2.75, 3.05) is 12.3 Å². The summed E-state index contributed by atoms with van der Waals surface area (Å²) in [6, 6.07) is 4.54.